The molecule has 1 unspecified atom stereocenters. The van der Waals surface area contributed by atoms with Gasteiger partial charge in [-0.2, -0.15) is 0 Å². The lowest BCUT2D eigenvalue weighted by Gasteiger charge is -2.35. The third-order valence-electron chi connectivity index (χ3n) is 3.74. The van der Waals surface area contributed by atoms with Crippen LogP contribution in [-0.4, -0.2) is 49.0 Å². The molecular weight excluding hydrogens is 240 g/mol. The third kappa shape index (κ3) is 3.23. The lowest BCUT2D eigenvalue weighted by molar-refractivity contribution is -0.129. The Kier molecular flexibility index (Phi) is 4.37. The van der Waals surface area contributed by atoms with Gasteiger partial charge in [-0.05, 0) is 26.1 Å². The van der Waals surface area contributed by atoms with Gasteiger partial charge in [-0.15, -0.1) is 0 Å². The molecule has 1 fully saturated rings. The zero-order chi connectivity index (χ0) is 13.8. The number of rotatable bonds is 3. The summed E-state index contributed by atoms with van der Waals surface area (Å²) in [5.41, 5.74) is 2.18. The van der Waals surface area contributed by atoms with Crippen LogP contribution >= 0.6 is 0 Å². The van der Waals surface area contributed by atoms with Gasteiger partial charge in [0.1, 0.15) is 0 Å². The number of nitrogens with zero attached hydrogens (tertiary/aromatic N) is 3. The molecule has 1 aliphatic rings. The Labute approximate surface area is 114 Å². The summed E-state index contributed by atoms with van der Waals surface area (Å²) in [6, 6.07) is 4.44. The van der Waals surface area contributed by atoms with Crippen LogP contribution in [0.5, 0.6) is 0 Å². The van der Waals surface area contributed by atoms with E-state index in [1.54, 1.807) is 6.92 Å². The van der Waals surface area contributed by atoms with E-state index < -0.39 is 0 Å². The molecule has 0 aromatic carbocycles. The van der Waals surface area contributed by atoms with E-state index in [9.17, 15) is 4.79 Å². The Morgan fingerprint density at radius 3 is 2.47 bits per heavy atom. The van der Waals surface area contributed by atoms with Crippen LogP contribution in [0, 0.1) is 0 Å². The molecule has 0 spiro atoms. The van der Waals surface area contributed by atoms with Crippen LogP contribution in [0.4, 0.5) is 5.69 Å². The Balaban J connectivity index is 1.98. The van der Waals surface area contributed by atoms with Gasteiger partial charge < -0.3 is 15.1 Å². The number of amides is 1. The van der Waals surface area contributed by atoms with E-state index in [2.05, 4.69) is 34.3 Å². The second-order valence-corrected chi connectivity index (χ2v) is 4.94. The zero-order valence-corrected chi connectivity index (χ0v) is 11.9. The first-order chi connectivity index (χ1) is 9.11. The number of carbonyl (C=O) groups is 1. The molecule has 5 heteroatoms. The smallest absolute Gasteiger partial charge is 0.219 e. The Morgan fingerprint density at radius 2 is 2.00 bits per heavy atom. The maximum Gasteiger partial charge on any atom is 0.219 e. The van der Waals surface area contributed by atoms with Crippen LogP contribution in [-0.2, 0) is 4.79 Å². The molecule has 0 aliphatic carbocycles. The predicted octanol–water partition coefficient (Wildman–Crippen LogP) is 1.03. The molecule has 0 bridgehead atoms. The number of carbonyl (C=O) groups excluding carboxylic acids is 1. The zero-order valence-electron chi connectivity index (χ0n) is 11.9. The lowest BCUT2D eigenvalue weighted by atomic mass is 10.2. The summed E-state index contributed by atoms with van der Waals surface area (Å²) in [6.07, 6.45) is 1.92. The summed E-state index contributed by atoms with van der Waals surface area (Å²) in [7, 11) is 1.93. The highest BCUT2D eigenvalue weighted by Gasteiger charge is 2.19. The van der Waals surface area contributed by atoms with Crippen molar-refractivity contribution in [2.75, 3.05) is 38.1 Å². The van der Waals surface area contributed by atoms with Gasteiger partial charge in [-0.1, -0.05) is 0 Å². The molecule has 104 valence electrons. The Bertz CT molecular complexity index is 424. The number of aromatic nitrogens is 1. The quantitative estimate of drug-likeness (QED) is 0.884. The van der Waals surface area contributed by atoms with Crippen molar-refractivity contribution in [1.82, 2.24) is 15.2 Å². The van der Waals surface area contributed by atoms with Crippen molar-refractivity contribution in [2.24, 2.45) is 0 Å². The number of pyridine rings is 1. The van der Waals surface area contributed by atoms with E-state index in [0.717, 1.165) is 37.6 Å². The van der Waals surface area contributed by atoms with Crippen molar-refractivity contribution in [3.05, 3.63) is 24.0 Å². The molecule has 0 saturated carbocycles. The first kappa shape index (κ1) is 13.8. The highest BCUT2D eigenvalue weighted by Crippen LogP contribution is 2.17. The molecule has 1 aromatic heterocycles. The summed E-state index contributed by atoms with van der Waals surface area (Å²) < 4.78 is 0. The highest BCUT2D eigenvalue weighted by atomic mass is 16.2. The van der Waals surface area contributed by atoms with Crippen molar-refractivity contribution in [1.29, 1.82) is 0 Å². The molecule has 2 heterocycles. The summed E-state index contributed by atoms with van der Waals surface area (Å²) in [6.45, 7) is 7.07. The minimum Gasteiger partial charge on any atom is -0.367 e. The summed E-state index contributed by atoms with van der Waals surface area (Å²) in [4.78, 5) is 19.9. The van der Waals surface area contributed by atoms with Crippen molar-refractivity contribution in [3.8, 4) is 0 Å². The van der Waals surface area contributed by atoms with Gasteiger partial charge in [0.25, 0.3) is 0 Å². The lowest BCUT2D eigenvalue weighted by Crippen LogP contribution is -2.48. The van der Waals surface area contributed by atoms with Gasteiger partial charge in [0.2, 0.25) is 5.91 Å². The summed E-state index contributed by atoms with van der Waals surface area (Å²) in [5, 5.41) is 3.18. The van der Waals surface area contributed by atoms with Crippen LogP contribution in [0.15, 0.2) is 18.3 Å². The largest absolute Gasteiger partial charge is 0.367 e. The van der Waals surface area contributed by atoms with Gasteiger partial charge in [0.05, 0.1) is 17.6 Å². The summed E-state index contributed by atoms with van der Waals surface area (Å²) in [5.74, 6) is 0.163. The fraction of sp³-hybridized carbons (Fsp3) is 0.571. The first-order valence-corrected chi connectivity index (χ1v) is 6.75. The molecule has 1 aromatic rings. The van der Waals surface area contributed by atoms with E-state index in [0.29, 0.717) is 0 Å². The van der Waals surface area contributed by atoms with Crippen molar-refractivity contribution in [2.45, 2.75) is 19.9 Å². The monoisotopic (exact) mass is 262 g/mol. The van der Waals surface area contributed by atoms with Crippen LogP contribution in [0.25, 0.3) is 0 Å². The average molecular weight is 262 g/mol. The standard InChI is InChI=1S/C14H22N4O/c1-11(15-3)14-5-4-13(10-16-14)18-8-6-17(7-9-18)12(2)19/h4-5,10-11,15H,6-9H2,1-3H3. The van der Waals surface area contributed by atoms with Gasteiger partial charge >= 0.3 is 0 Å². The second-order valence-electron chi connectivity index (χ2n) is 4.94. The Hall–Kier alpha value is -1.62. The van der Waals surface area contributed by atoms with Gasteiger partial charge in [0.15, 0.2) is 0 Å². The van der Waals surface area contributed by atoms with Gasteiger partial charge in [0, 0.05) is 39.1 Å². The first-order valence-electron chi connectivity index (χ1n) is 6.75. The normalized spacial score (nSPS) is 17.4. The molecule has 19 heavy (non-hydrogen) atoms. The molecule has 1 saturated heterocycles. The van der Waals surface area contributed by atoms with Crippen molar-refractivity contribution in [3.63, 3.8) is 0 Å². The predicted molar refractivity (Wildman–Crippen MR) is 76.2 cm³/mol. The fourth-order valence-corrected chi connectivity index (χ4v) is 2.27. The molecule has 1 atom stereocenters. The SMILES string of the molecule is CNC(C)c1ccc(N2CCN(C(C)=O)CC2)cn1. The van der Waals surface area contributed by atoms with E-state index in [4.69, 9.17) is 0 Å². The van der Waals surface area contributed by atoms with Crippen LogP contribution in [0.3, 0.4) is 0 Å². The number of hydrogen-bond donors (Lipinski definition) is 1. The number of nitrogens with one attached hydrogen (secondary N) is 1. The number of hydrogen-bond acceptors (Lipinski definition) is 4. The van der Waals surface area contributed by atoms with Crippen LogP contribution in [0.1, 0.15) is 25.6 Å². The molecular formula is C14H22N4O. The molecule has 1 amide bonds. The topological polar surface area (TPSA) is 48.5 Å². The average Bonchev–Trinajstić information content (AvgIpc) is 2.46. The molecule has 2 rings (SSSR count). The molecule has 1 N–H and O–H groups in total. The highest BCUT2D eigenvalue weighted by molar-refractivity contribution is 5.73. The van der Waals surface area contributed by atoms with Crippen molar-refractivity contribution < 1.29 is 4.79 Å². The number of anilines is 1. The third-order valence-corrected chi connectivity index (χ3v) is 3.74. The van der Waals surface area contributed by atoms with E-state index in [-0.39, 0.29) is 11.9 Å². The van der Waals surface area contributed by atoms with Crippen LogP contribution < -0.4 is 10.2 Å². The van der Waals surface area contributed by atoms with E-state index in [1.165, 1.54) is 0 Å². The van der Waals surface area contributed by atoms with Crippen molar-refractivity contribution >= 4 is 11.6 Å². The maximum absolute atomic E-state index is 11.3. The second kappa shape index (κ2) is 6.02. The van der Waals surface area contributed by atoms with E-state index in [1.807, 2.05) is 18.1 Å². The Morgan fingerprint density at radius 1 is 1.32 bits per heavy atom. The minimum atomic E-state index is 0.163. The molecule has 0 radical (unpaired) electrons. The van der Waals surface area contributed by atoms with Gasteiger partial charge in [-0.3, -0.25) is 9.78 Å². The fourth-order valence-electron chi connectivity index (χ4n) is 2.27. The minimum absolute atomic E-state index is 0.163. The number of piperazine rings is 1. The molecule has 1 aliphatic heterocycles. The summed E-state index contributed by atoms with van der Waals surface area (Å²) >= 11 is 0. The van der Waals surface area contributed by atoms with E-state index >= 15 is 0 Å². The molecule has 5 nitrogen and oxygen atoms in total. The van der Waals surface area contributed by atoms with Crippen LogP contribution in [0.2, 0.25) is 0 Å². The maximum atomic E-state index is 11.3. The van der Waals surface area contributed by atoms with Gasteiger partial charge in [-0.25, -0.2) is 0 Å².